The van der Waals surface area contributed by atoms with Gasteiger partial charge in [0.2, 0.25) is 5.91 Å². The highest BCUT2D eigenvalue weighted by atomic mass is 35.5. The molecule has 2 aliphatic rings. The van der Waals surface area contributed by atoms with E-state index < -0.39 is 35.2 Å². The van der Waals surface area contributed by atoms with E-state index in [1.54, 1.807) is 0 Å². The van der Waals surface area contributed by atoms with Gasteiger partial charge < -0.3 is 21.3 Å². The van der Waals surface area contributed by atoms with Crippen molar-refractivity contribution in [3.05, 3.63) is 6.20 Å². The Hall–Kier alpha value is -1.85. The summed E-state index contributed by atoms with van der Waals surface area (Å²) in [6, 6.07) is 0. The molecule has 12 heteroatoms. The van der Waals surface area contributed by atoms with Crippen LogP contribution in [-0.2, 0) is 14.4 Å². The summed E-state index contributed by atoms with van der Waals surface area (Å²) in [5.74, 6) is -4.71. The summed E-state index contributed by atoms with van der Waals surface area (Å²) in [6.07, 6.45) is 1.60. The summed E-state index contributed by atoms with van der Waals surface area (Å²) < 4.78 is 0. The number of carboxylic acid groups (broad SMARTS) is 2. The molecule has 1 amide bonds. The lowest BCUT2D eigenvalue weighted by Crippen LogP contribution is -2.57. The number of nitrogens with two attached hydrogens (primary N) is 1. The number of H-pyrrole nitrogens is 1. The first kappa shape index (κ1) is 18.5. The average Bonchev–Trinajstić information content (AvgIpc) is 2.91. The Morgan fingerprint density at radius 3 is 2.67 bits per heavy atom. The van der Waals surface area contributed by atoms with Crippen LogP contribution in [0, 0.1) is 17.8 Å². The lowest BCUT2D eigenvalue weighted by Gasteiger charge is -2.29. The Labute approximate surface area is 146 Å². The number of hydrogen-bond acceptors (Lipinski definition) is 7. The zero-order valence-electron chi connectivity index (χ0n) is 12.2. The maximum Gasteiger partial charge on any atom is 0.329 e. The van der Waals surface area contributed by atoms with Crippen molar-refractivity contribution in [1.82, 2.24) is 20.7 Å². The van der Waals surface area contributed by atoms with Gasteiger partial charge in [-0.3, -0.25) is 9.59 Å². The fourth-order valence-electron chi connectivity index (χ4n) is 3.58. The van der Waals surface area contributed by atoms with Crippen LogP contribution in [0.4, 0.5) is 0 Å². The van der Waals surface area contributed by atoms with E-state index >= 15 is 0 Å². The zero-order chi connectivity index (χ0) is 16.8. The molecule has 2 saturated carbocycles. The van der Waals surface area contributed by atoms with E-state index in [0.29, 0.717) is 5.03 Å². The van der Waals surface area contributed by atoms with Crippen LogP contribution in [0.5, 0.6) is 0 Å². The van der Waals surface area contributed by atoms with Gasteiger partial charge in [-0.05, 0) is 12.3 Å². The molecule has 1 aromatic heterocycles. The van der Waals surface area contributed by atoms with Crippen molar-refractivity contribution in [1.29, 1.82) is 0 Å². The van der Waals surface area contributed by atoms with E-state index in [2.05, 4.69) is 20.7 Å². The quantitative estimate of drug-likeness (QED) is 0.414. The number of hydrogen-bond donors (Lipinski definition) is 5. The third-order valence-electron chi connectivity index (χ3n) is 4.48. The largest absolute Gasteiger partial charge is 0.481 e. The van der Waals surface area contributed by atoms with E-state index in [0.717, 1.165) is 0 Å². The summed E-state index contributed by atoms with van der Waals surface area (Å²) in [5, 5.41) is 31.7. The van der Waals surface area contributed by atoms with E-state index in [1.807, 2.05) is 0 Å². The van der Waals surface area contributed by atoms with Crippen LogP contribution < -0.4 is 11.1 Å². The van der Waals surface area contributed by atoms with Crippen molar-refractivity contribution < 1.29 is 24.6 Å². The minimum Gasteiger partial charge on any atom is -0.481 e. The first-order valence-corrected chi connectivity index (χ1v) is 7.78. The molecular weight excluding hydrogens is 362 g/mol. The van der Waals surface area contributed by atoms with Crippen LogP contribution >= 0.6 is 24.2 Å². The molecule has 1 heterocycles. The van der Waals surface area contributed by atoms with E-state index in [9.17, 15) is 24.6 Å². The zero-order valence-corrected chi connectivity index (χ0v) is 13.8. The van der Waals surface area contributed by atoms with Crippen molar-refractivity contribution in [2.45, 2.75) is 22.2 Å². The van der Waals surface area contributed by atoms with Gasteiger partial charge in [0.1, 0.15) is 10.6 Å². The molecule has 132 valence electrons. The normalized spacial score (nSPS) is 33.2. The predicted molar refractivity (Wildman–Crippen MR) is 83.6 cm³/mol. The monoisotopic (exact) mass is 377 g/mol. The van der Waals surface area contributed by atoms with Gasteiger partial charge in [-0.25, -0.2) is 4.79 Å². The number of nitrogens with zero attached hydrogens (tertiary/aromatic N) is 2. The van der Waals surface area contributed by atoms with Gasteiger partial charge in [0, 0.05) is 11.2 Å². The van der Waals surface area contributed by atoms with Crippen LogP contribution in [0.2, 0.25) is 0 Å². The number of aromatic nitrogens is 3. The maximum absolute atomic E-state index is 11.8. The second-order valence-electron chi connectivity index (χ2n) is 5.66. The number of amides is 1. The maximum atomic E-state index is 11.8. The summed E-state index contributed by atoms with van der Waals surface area (Å²) in [7, 11) is 0. The van der Waals surface area contributed by atoms with Gasteiger partial charge in [-0.1, -0.05) is 11.8 Å². The third kappa shape index (κ3) is 2.82. The molecule has 24 heavy (non-hydrogen) atoms. The molecule has 10 nitrogen and oxygen atoms in total. The number of halogens is 1. The smallest absolute Gasteiger partial charge is 0.329 e. The molecule has 2 aliphatic carbocycles. The Morgan fingerprint density at radius 1 is 1.46 bits per heavy atom. The number of fused-ring (bicyclic) bond motifs is 1. The predicted octanol–water partition coefficient (Wildman–Crippen LogP) is -1.06. The van der Waals surface area contributed by atoms with Crippen molar-refractivity contribution in [3.63, 3.8) is 0 Å². The number of carbonyl (C=O) groups is 3. The van der Waals surface area contributed by atoms with Crippen LogP contribution in [0.1, 0.15) is 6.42 Å². The van der Waals surface area contributed by atoms with Gasteiger partial charge in [-0.15, -0.1) is 17.5 Å². The molecule has 0 unspecified atom stereocenters. The minimum atomic E-state index is -1.61. The molecule has 0 radical (unpaired) electrons. The molecule has 0 spiro atoms. The van der Waals surface area contributed by atoms with Crippen LogP contribution in [-0.4, -0.2) is 60.8 Å². The van der Waals surface area contributed by atoms with E-state index in [-0.39, 0.29) is 36.5 Å². The second-order valence-corrected chi connectivity index (χ2v) is 6.92. The van der Waals surface area contributed by atoms with Gasteiger partial charge >= 0.3 is 11.9 Å². The Kier molecular flexibility index (Phi) is 5.06. The summed E-state index contributed by atoms with van der Waals surface area (Å²) in [5.41, 5.74) is 3.65. The molecule has 1 aromatic rings. The number of carboxylic acids is 2. The molecule has 2 fully saturated rings. The van der Waals surface area contributed by atoms with Crippen molar-refractivity contribution in [2.24, 2.45) is 23.5 Å². The SMILES string of the molecule is Cl.NCC(=O)N[C@@]1(C(=O)O)C[C@@H](Sc2cn[nH]n2)[C@H]2[C@H](C(=O)O)[C@H]21. The fraction of sp³-hybridized carbons (Fsp3) is 0.583. The summed E-state index contributed by atoms with van der Waals surface area (Å²) in [4.78, 5) is 34.9. The van der Waals surface area contributed by atoms with Crippen LogP contribution in [0.25, 0.3) is 0 Å². The molecule has 0 aliphatic heterocycles. The molecule has 5 atom stereocenters. The second kappa shape index (κ2) is 6.57. The summed E-state index contributed by atoms with van der Waals surface area (Å²) >= 11 is 1.27. The van der Waals surface area contributed by atoms with E-state index in [4.69, 9.17) is 5.73 Å². The third-order valence-corrected chi connectivity index (χ3v) is 5.70. The first-order valence-electron chi connectivity index (χ1n) is 6.90. The lowest BCUT2D eigenvalue weighted by molar-refractivity contribution is -0.149. The number of carbonyl (C=O) groups excluding carboxylic acids is 1. The summed E-state index contributed by atoms with van der Waals surface area (Å²) in [6.45, 7) is -0.356. The number of aliphatic carboxylic acids is 2. The molecule has 0 bridgehead atoms. The van der Waals surface area contributed by atoms with Crippen LogP contribution in [0.15, 0.2) is 11.2 Å². The van der Waals surface area contributed by atoms with E-state index in [1.165, 1.54) is 18.0 Å². The van der Waals surface area contributed by atoms with Crippen molar-refractivity contribution in [2.75, 3.05) is 6.54 Å². The standard InChI is InChI=1S/C12H15N5O5S.ClH/c13-2-5(18)15-12(11(21)22)1-4(23-6-3-14-17-16-6)7-8(9(7)12)10(19)20;/h3-4,7-9H,1-2,13H2,(H,15,18)(H,19,20)(H,21,22)(H,14,16,17);1H/t4-,7+,8+,9+,12+;/m1./s1. The minimum absolute atomic E-state index is 0. The Bertz CT molecular complexity index is 658. The van der Waals surface area contributed by atoms with Crippen molar-refractivity contribution >= 4 is 42.0 Å². The number of nitrogens with one attached hydrogen (secondary N) is 2. The first-order chi connectivity index (χ1) is 10.9. The van der Waals surface area contributed by atoms with Gasteiger partial charge in [0.15, 0.2) is 0 Å². The highest BCUT2D eigenvalue weighted by Crippen LogP contribution is 2.65. The highest BCUT2D eigenvalue weighted by molar-refractivity contribution is 7.99. The molecule has 6 N–H and O–H groups in total. The number of thioether (sulfide) groups is 1. The highest BCUT2D eigenvalue weighted by Gasteiger charge is 2.75. The van der Waals surface area contributed by atoms with Gasteiger partial charge in [0.25, 0.3) is 0 Å². The number of rotatable bonds is 6. The molecular formula is C12H16ClN5O5S. The van der Waals surface area contributed by atoms with Crippen molar-refractivity contribution in [3.8, 4) is 0 Å². The Balaban J connectivity index is 0.00000208. The molecule has 0 saturated heterocycles. The lowest BCUT2D eigenvalue weighted by atomic mass is 9.90. The molecule has 3 rings (SSSR count). The fourth-order valence-corrected chi connectivity index (χ4v) is 4.94. The van der Waals surface area contributed by atoms with Gasteiger partial charge in [0.05, 0.1) is 18.7 Å². The molecule has 0 aromatic carbocycles. The topological polar surface area (TPSA) is 171 Å². The Morgan fingerprint density at radius 2 is 2.17 bits per heavy atom. The number of aromatic amines is 1. The van der Waals surface area contributed by atoms with Gasteiger partial charge in [-0.2, -0.15) is 10.3 Å². The van der Waals surface area contributed by atoms with Crippen LogP contribution in [0.3, 0.4) is 0 Å². The average molecular weight is 378 g/mol.